The summed E-state index contributed by atoms with van der Waals surface area (Å²) in [6.45, 7) is 15.7. The molecule has 2 aliphatic heterocycles. The van der Waals surface area contributed by atoms with E-state index in [0.717, 1.165) is 56.2 Å². The molecule has 2 N–H and O–H groups in total. The number of ketones is 2. The molecule has 62 heavy (non-hydrogen) atoms. The Hall–Kier alpha value is -6.82. The summed E-state index contributed by atoms with van der Waals surface area (Å²) in [6, 6.07) is 22.9. The van der Waals surface area contributed by atoms with E-state index in [1.165, 1.54) is 0 Å². The topological polar surface area (TPSA) is 170 Å². The molecule has 2 aliphatic rings. The van der Waals surface area contributed by atoms with Crippen LogP contribution in [0.2, 0.25) is 0 Å². The molecule has 8 rings (SSSR count). The molecule has 0 radical (unpaired) electrons. The molecule has 8 heterocycles. The summed E-state index contributed by atoms with van der Waals surface area (Å²) in [5.74, 6) is 0.839. The van der Waals surface area contributed by atoms with Gasteiger partial charge in [-0.05, 0) is 125 Å². The van der Waals surface area contributed by atoms with E-state index in [9.17, 15) is 19.2 Å². The predicted molar refractivity (Wildman–Crippen MR) is 238 cm³/mol. The number of nitrogens with zero attached hydrogens (tertiary/aromatic N) is 6. The van der Waals surface area contributed by atoms with E-state index in [4.69, 9.17) is 0 Å². The number of aryl methyl sites for hydroxylation is 6. The van der Waals surface area contributed by atoms with Crippen LogP contribution in [0.1, 0.15) is 130 Å². The van der Waals surface area contributed by atoms with Crippen molar-refractivity contribution in [2.24, 2.45) is 0 Å². The number of anilines is 2. The highest BCUT2D eigenvalue weighted by atomic mass is 16.2. The number of carbonyl (C=O) groups is 4. The van der Waals surface area contributed by atoms with Crippen LogP contribution in [0.3, 0.4) is 0 Å². The minimum atomic E-state index is -0.742. The third-order valence-electron chi connectivity index (χ3n) is 12.6. The third-order valence-corrected chi connectivity index (χ3v) is 12.6. The fourth-order valence-corrected chi connectivity index (χ4v) is 8.65. The molecule has 1 unspecified atom stereocenters. The van der Waals surface area contributed by atoms with Gasteiger partial charge in [-0.25, -0.2) is 9.97 Å². The van der Waals surface area contributed by atoms with Crippen LogP contribution in [0, 0.1) is 27.7 Å². The van der Waals surface area contributed by atoms with Gasteiger partial charge in [0.2, 0.25) is 11.8 Å². The minimum Gasteiger partial charge on any atom is -0.310 e. The van der Waals surface area contributed by atoms with Gasteiger partial charge in [-0.1, -0.05) is 38.1 Å². The SMILES string of the molecule is Cc1cc(CCC(=O)c2ccc([C@@H](C)C3(C)C(=O)Nc4ncccc43)cn2)cc(C)n1.Cc1cc(CCC(=O)c2ccc([C@@H](C)[C@@]3(C)C(=O)Nc4ncccc43)cn2)cc(C)n1. The molecule has 0 saturated heterocycles. The molecule has 0 spiro atoms. The molecule has 12 heteroatoms. The van der Waals surface area contributed by atoms with Crippen molar-refractivity contribution in [2.45, 2.75) is 104 Å². The molecular formula is C50H52N8O4. The number of pyridine rings is 6. The van der Waals surface area contributed by atoms with E-state index in [1.54, 1.807) is 36.9 Å². The van der Waals surface area contributed by atoms with Crippen LogP contribution in [0.5, 0.6) is 0 Å². The number of hydrogen-bond acceptors (Lipinski definition) is 10. The average Bonchev–Trinajstić information content (AvgIpc) is 3.68. The highest BCUT2D eigenvalue weighted by Gasteiger charge is 2.49. The van der Waals surface area contributed by atoms with E-state index in [1.807, 2.05) is 116 Å². The summed E-state index contributed by atoms with van der Waals surface area (Å²) in [7, 11) is 0. The first-order valence-electron chi connectivity index (χ1n) is 21.0. The van der Waals surface area contributed by atoms with Gasteiger partial charge in [-0.15, -0.1) is 0 Å². The number of hydrogen-bond donors (Lipinski definition) is 2. The number of aromatic nitrogens is 6. The van der Waals surface area contributed by atoms with Crippen molar-refractivity contribution in [2.75, 3.05) is 10.6 Å². The average molecular weight is 829 g/mol. The number of nitrogens with one attached hydrogen (secondary N) is 2. The van der Waals surface area contributed by atoms with E-state index in [2.05, 4.69) is 40.5 Å². The maximum Gasteiger partial charge on any atom is 0.236 e. The van der Waals surface area contributed by atoms with E-state index in [0.29, 0.717) is 48.7 Å². The second kappa shape index (κ2) is 17.6. The lowest BCUT2D eigenvalue weighted by molar-refractivity contribution is -0.121. The van der Waals surface area contributed by atoms with Gasteiger partial charge in [0.05, 0.1) is 10.8 Å². The van der Waals surface area contributed by atoms with Crippen LogP contribution in [0.15, 0.2) is 97.6 Å². The molecule has 2 amide bonds. The van der Waals surface area contributed by atoms with E-state index >= 15 is 0 Å². The first-order chi connectivity index (χ1) is 29.6. The van der Waals surface area contributed by atoms with Crippen molar-refractivity contribution in [3.05, 3.63) is 165 Å². The van der Waals surface area contributed by atoms with Gasteiger partial charge in [-0.3, -0.25) is 39.1 Å². The Morgan fingerprint density at radius 3 is 1.27 bits per heavy atom. The fourth-order valence-electron chi connectivity index (χ4n) is 8.65. The van der Waals surface area contributed by atoms with Crippen LogP contribution in [-0.2, 0) is 33.3 Å². The van der Waals surface area contributed by atoms with Crippen LogP contribution in [0.4, 0.5) is 11.6 Å². The number of carbonyl (C=O) groups excluding carboxylic acids is 4. The van der Waals surface area contributed by atoms with Gasteiger partial charge >= 0.3 is 0 Å². The summed E-state index contributed by atoms with van der Waals surface area (Å²) < 4.78 is 0. The van der Waals surface area contributed by atoms with Gasteiger partial charge in [0, 0.05) is 83.4 Å². The largest absolute Gasteiger partial charge is 0.310 e. The molecule has 0 saturated carbocycles. The summed E-state index contributed by atoms with van der Waals surface area (Å²) in [6.07, 6.45) is 8.87. The monoisotopic (exact) mass is 828 g/mol. The first kappa shape index (κ1) is 43.3. The van der Waals surface area contributed by atoms with Crippen molar-refractivity contribution in [3.8, 4) is 0 Å². The predicted octanol–water partition coefficient (Wildman–Crippen LogP) is 8.63. The summed E-state index contributed by atoms with van der Waals surface area (Å²) in [4.78, 5) is 77.0. The highest BCUT2D eigenvalue weighted by molar-refractivity contribution is 6.06. The maximum absolute atomic E-state index is 12.8. The Morgan fingerprint density at radius 2 is 0.935 bits per heavy atom. The van der Waals surface area contributed by atoms with Gasteiger partial charge in [0.25, 0.3) is 0 Å². The van der Waals surface area contributed by atoms with Crippen molar-refractivity contribution in [1.29, 1.82) is 0 Å². The zero-order chi connectivity index (χ0) is 44.3. The fraction of sp³-hybridized carbons (Fsp3) is 0.320. The molecule has 0 aliphatic carbocycles. The zero-order valence-electron chi connectivity index (χ0n) is 36.5. The Kier molecular flexibility index (Phi) is 12.3. The molecule has 316 valence electrons. The van der Waals surface area contributed by atoms with E-state index < -0.39 is 10.8 Å². The van der Waals surface area contributed by atoms with Crippen LogP contribution >= 0.6 is 0 Å². The minimum absolute atomic E-state index is 0.00527. The first-order valence-corrected chi connectivity index (χ1v) is 21.0. The molecule has 0 aromatic carbocycles. The third kappa shape index (κ3) is 8.68. The lowest BCUT2D eigenvalue weighted by Crippen LogP contribution is -2.36. The Morgan fingerprint density at radius 1 is 0.565 bits per heavy atom. The van der Waals surface area contributed by atoms with Crippen LogP contribution < -0.4 is 10.6 Å². The molecule has 4 atom stereocenters. The maximum atomic E-state index is 12.8. The quantitative estimate of drug-likeness (QED) is 0.114. The Labute approximate surface area is 362 Å². The van der Waals surface area contributed by atoms with Gasteiger partial charge in [0.15, 0.2) is 11.6 Å². The van der Waals surface area contributed by atoms with E-state index in [-0.39, 0.29) is 35.2 Å². The lowest BCUT2D eigenvalue weighted by Gasteiger charge is -2.29. The van der Waals surface area contributed by atoms with Crippen molar-refractivity contribution < 1.29 is 19.2 Å². The van der Waals surface area contributed by atoms with Gasteiger partial charge in [-0.2, -0.15) is 0 Å². The standard InChI is InChI=1S/2C25H26N4O2/c2*1-15-12-18(13-16(2)28-15)7-10-22(30)21-9-8-19(14-27-21)17(3)25(4)20-6-5-11-26-23(20)29-24(25)31/h2*5-6,8-9,11-14,17H,7,10H2,1-4H3,(H,26,29,31)/t17-,25?;17-,25-/m11/s1. The van der Waals surface area contributed by atoms with Crippen molar-refractivity contribution in [1.82, 2.24) is 29.9 Å². The zero-order valence-corrected chi connectivity index (χ0v) is 36.5. The lowest BCUT2D eigenvalue weighted by atomic mass is 9.71. The smallest absolute Gasteiger partial charge is 0.236 e. The Balaban J connectivity index is 0.000000186. The van der Waals surface area contributed by atoms with Crippen molar-refractivity contribution >= 4 is 35.0 Å². The second-order valence-electron chi connectivity index (χ2n) is 16.9. The van der Waals surface area contributed by atoms with Crippen molar-refractivity contribution in [3.63, 3.8) is 0 Å². The van der Waals surface area contributed by atoms with Gasteiger partial charge < -0.3 is 10.6 Å². The number of amides is 2. The molecule has 6 aromatic rings. The Bertz CT molecular complexity index is 2460. The number of Topliss-reactive ketones (excluding diaryl/α,β-unsaturated/α-hetero) is 2. The molecular weight excluding hydrogens is 777 g/mol. The number of fused-ring (bicyclic) bond motifs is 2. The van der Waals surface area contributed by atoms with Crippen LogP contribution in [0.25, 0.3) is 0 Å². The number of rotatable bonds is 12. The summed E-state index contributed by atoms with van der Waals surface area (Å²) >= 11 is 0. The second-order valence-corrected chi connectivity index (χ2v) is 16.9. The summed E-state index contributed by atoms with van der Waals surface area (Å²) in [5, 5.41) is 5.76. The molecule has 0 bridgehead atoms. The normalized spacial score (nSPS) is 18.4. The van der Waals surface area contributed by atoms with Crippen LogP contribution in [-0.4, -0.2) is 53.3 Å². The molecule has 0 fully saturated rings. The highest BCUT2D eigenvalue weighted by Crippen LogP contribution is 2.47. The summed E-state index contributed by atoms with van der Waals surface area (Å²) in [5.41, 5.74) is 9.04. The molecule has 6 aromatic heterocycles. The van der Waals surface area contributed by atoms with Gasteiger partial charge in [0.1, 0.15) is 23.0 Å². The molecule has 12 nitrogen and oxygen atoms in total.